The number of hydrogen-bond acceptors (Lipinski definition) is 8. The van der Waals surface area contributed by atoms with Crippen LogP contribution >= 0.6 is 45.3 Å². The van der Waals surface area contributed by atoms with Gasteiger partial charge in [-0.25, -0.2) is 12.6 Å². The summed E-state index contributed by atoms with van der Waals surface area (Å²) in [6.07, 6.45) is 1.17. The van der Waals surface area contributed by atoms with Crippen LogP contribution in [0.4, 0.5) is 0 Å². The number of hydrogen-bond donors (Lipinski definition) is 1. The fourth-order valence-corrected chi connectivity index (χ4v) is 13.0. The van der Waals surface area contributed by atoms with Crippen molar-refractivity contribution < 1.29 is 17.2 Å². The molecule has 2 aromatic carbocycles. The summed E-state index contributed by atoms with van der Waals surface area (Å²) in [6, 6.07) is 28.5. The van der Waals surface area contributed by atoms with Crippen LogP contribution in [0.25, 0.3) is 50.1 Å². The molecule has 0 saturated heterocycles. The molecule has 1 N–H and O–H groups in total. The van der Waals surface area contributed by atoms with Gasteiger partial charge in [-0.05, 0) is 75.5 Å². The molecule has 4 aromatic heterocycles. The van der Waals surface area contributed by atoms with Gasteiger partial charge in [-0.2, -0.15) is 0 Å². The van der Waals surface area contributed by atoms with Gasteiger partial charge in [0.2, 0.25) is 0 Å². The van der Waals surface area contributed by atoms with E-state index in [4.69, 9.17) is 11.2 Å². The normalized spacial score (nSPS) is 13.9. The predicted molar refractivity (Wildman–Crippen MR) is 212 cm³/mol. The molecule has 0 bridgehead atoms. The average molecular weight is 769 g/mol. The van der Waals surface area contributed by atoms with Gasteiger partial charge in [0.15, 0.2) is 18.6 Å². The number of benzene rings is 2. The summed E-state index contributed by atoms with van der Waals surface area (Å²) in [4.78, 5) is 6.60. The Morgan fingerprint density at radius 3 is 1.52 bits per heavy atom. The molecule has 6 aromatic rings. The van der Waals surface area contributed by atoms with E-state index in [1.165, 1.54) is 40.1 Å². The molecule has 0 spiro atoms. The first kappa shape index (κ1) is 35.3. The zero-order valence-electron chi connectivity index (χ0n) is 27.6. The van der Waals surface area contributed by atoms with Crippen LogP contribution in [-0.4, -0.2) is 23.4 Å². The lowest BCUT2D eigenvalue weighted by Crippen LogP contribution is -2.10. The Morgan fingerprint density at radius 1 is 0.542 bits per heavy atom. The monoisotopic (exact) mass is 768 g/mol. The molecule has 250 valence electrons. The van der Waals surface area contributed by atoms with Crippen LogP contribution in [0.3, 0.4) is 0 Å². The molecule has 1 unspecified atom stereocenters. The SMILES string of the molecule is CC(C)(C)c1ccc(-c2ccc(-c3cc(S(C)(=O)=O)c(-c4sc(-c5ccc(-c6cccc(C(C)(C)C)c6)s5)cc4S(=O)(O)=S)s3)s2)cc1. The van der Waals surface area contributed by atoms with Gasteiger partial charge in [0, 0.05) is 46.7 Å². The molecular weight excluding hydrogens is 733 g/mol. The van der Waals surface area contributed by atoms with Crippen molar-refractivity contribution >= 4 is 75.1 Å². The molecule has 6 rings (SSSR count). The van der Waals surface area contributed by atoms with E-state index in [9.17, 15) is 17.2 Å². The summed E-state index contributed by atoms with van der Waals surface area (Å²) < 4.78 is 50.1. The summed E-state index contributed by atoms with van der Waals surface area (Å²) in [5.74, 6) is 0. The Hall–Kier alpha value is -2.48. The quantitative estimate of drug-likeness (QED) is 0.175. The lowest BCUT2D eigenvalue weighted by atomic mass is 9.86. The van der Waals surface area contributed by atoms with Gasteiger partial charge in [-0.15, -0.1) is 45.3 Å². The maximum Gasteiger partial charge on any atom is 0.177 e. The van der Waals surface area contributed by atoms with E-state index in [0.29, 0.717) is 9.75 Å². The summed E-state index contributed by atoms with van der Waals surface area (Å²) in [6.45, 7) is 13.1. The second-order valence-corrected chi connectivity index (χ2v) is 22.8. The van der Waals surface area contributed by atoms with Crippen LogP contribution in [-0.2, 0) is 40.6 Å². The van der Waals surface area contributed by atoms with E-state index in [1.807, 2.05) is 12.1 Å². The number of thiophene rings is 4. The topological polar surface area (TPSA) is 71.4 Å². The van der Waals surface area contributed by atoms with Crippen molar-refractivity contribution in [3.8, 4) is 50.1 Å². The van der Waals surface area contributed by atoms with Gasteiger partial charge in [0.25, 0.3) is 0 Å². The van der Waals surface area contributed by atoms with Crippen molar-refractivity contribution in [2.75, 3.05) is 6.26 Å². The Bertz CT molecular complexity index is 2350. The summed E-state index contributed by atoms with van der Waals surface area (Å²) in [5, 5.41) is 0. The van der Waals surface area contributed by atoms with E-state index < -0.39 is 18.6 Å². The van der Waals surface area contributed by atoms with Crippen LogP contribution in [0.2, 0.25) is 0 Å². The summed E-state index contributed by atoms with van der Waals surface area (Å²) >= 11 is 10.9. The van der Waals surface area contributed by atoms with Crippen molar-refractivity contribution in [1.29, 1.82) is 0 Å². The fraction of sp³-hybridized carbons (Fsp3) is 0.243. The van der Waals surface area contributed by atoms with Crippen LogP contribution in [0.1, 0.15) is 52.7 Å². The van der Waals surface area contributed by atoms with E-state index in [1.54, 1.807) is 34.8 Å². The van der Waals surface area contributed by atoms with Gasteiger partial charge in [0.05, 0.1) is 19.5 Å². The first-order valence-corrected chi connectivity index (χ1v) is 22.8. The molecule has 11 heteroatoms. The molecule has 0 saturated carbocycles. The molecule has 0 radical (unpaired) electrons. The Morgan fingerprint density at radius 2 is 1.02 bits per heavy atom. The Balaban J connectivity index is 1.41. The maximum absolute atomic E-state index is 13.2. The maximum atomic E-state index is 13.2. The zero-order chi connectivity index (χ0) is 34.8. The highest BCUT2D eigenvalue weighted by Crippen LogP contribution is 2.50. The molecule has 1 atom stereocenters. The minimum atomic E-state index is -3.84. The van der Waals surface area contributed by atoms with Crippen molar-refractivity contribution in [3.05, 3.63) is 96.1 Å². The smallest absolute Gasteiger partial charge is 0.177 e. The second-order valence-electron chi connectivity index (χ2n) is 13.8. The van der Waals surface area contributed by atoms with Gasteiger partial charge in [0.1, 0.15) is 0 Å². The Kier molecular flexibility index (Phi) is 9.34. The van der Waals surface area contributed by atoms with Crippen molar-refractivity contribution in [2.24, 2.45) is 0 Å². The van der Waals surface area contributed by atoms with Crippen LogP contribution in [0.15, 0.2) is 94.7 Å². The molecule has 0 aliphatic rings. The fourth-order valence-electron chi connectivity index (χ4n) is 5.30. The summed E-state index contributed by atoms with van der Waals surface area (Å²) in [5.41, 5.74) is 4.76. The number of sulfone groups is 1. The van der Waals surface area contributed by atoms with Gasteiger partial charge < -0.3 is 4.55 Å². The molecule has 0 fully saturated rings. The third kappa shape index (κ3) is 7.34. The standard InChI is InChI=1S/C37H36O4S7/c1-36(2,3)24-13-11-22(12-14-24)26-15-17-28(43-26)30-20-32(47(7,38)39)34(45-30)35-33(48(40,41)42)21-31(46-35)29-18-16-27(44-29)23-9-8-10-25(19-23)37(4,5)6/h8-21H,1-7H3,(H,40,41,42). The van der Waals surface area contributed by atoms with Crippen molar-refractivity contribution in [3.63, 3.8) is 0 Å². The molecule has 0 aliphatic carbocycles. The third-order valence-electron chi connectivity index (χ3n) is 8.03. The third-order valence-corrected chi connectivity index (χ3v) is 15.9. The van der Waals surface area contributed by atoms with E-state index in [2.05, 4.69) is 102 Å². The van der Waals surface area contributed by atoms with E-state index >= 15 is 0 Å². The highest BCUT2D eigenvalue weighted by Gasteiger charge is 2.28. The molecule has 0 amide bonds. The van der Waals surface area contributed by atoms with Crippen molar-refractivity contribution in [1.82, 2.24) is 0 Å². The predicted octanol–water partition coefficient (Wildman–Crippen LogP) is 11.8. The Labute approximate surface area is 304 Å². The first-order valence-electron chi connectivity index (χ1n) is 15.2. The molecule has 4 heterocycles. The minimum Gasteiger partial charge on any atom is -0.302 e. The average Bonchev–Trinajstić information content (AvgIpc) is 3.80. The molecular formula is C37H36O4S7. The molecule has 48 heavy (non-hydrogen) atoms. The second kappa shape index (κ2) is 12.7. The first-order chi connectivity index (χ1) is 22.3. The largest absolute Gasteiger partial charge is 0.302 e. The van der Waals surface area contributed by atoms with Gasteiger partial charge in [-0.3, -0.25) is 0 Å². The lowest BCUT2D eigenvalue weighted by molar-refractivity contribution is 0.562. The highest BCUT2D eigenvalue weighted by atomic mass is 32.8. The van der Waals surface area contributed by atoms with Crippen LogP contribution in [0, 0.1) is 0 Å². The minimum absolute atomic E-state index is 0.0116. The van der Waals surface area contributed by atoms with Crippen molar-refractivity contribution in [2.45, 2.75) is 62.2 Å². The number of rotatable bonds is 7. The van der Waals surface area contributed by atoms with Crippen LogP contribution in [0.5, 0.6) is 0 Å². The molecule has 4 nitrogen and oxygen atoms in total. The molecule has 0 aliphatic heterocycles. The highest BCUT2D eigenvalue weighted by molar-refractivity contribution is 8.29. The lowest BCUT2D eigenvalue weighted by Gasteiger charge is -2.19. The summed E-state index contributed by atoms with van der Waals surface area (Å²) in [7, 11) is -7.52. The van der Waals surface area contributed by atoms with Crippen LogP contribution < -0.4 is 0 Å². The van der Waals surface area contributed by atoms with Gasteiger partial charge >= 0.3 is 0 Å². The zero-order valence-corrected chi connectivity index (χ0v) is 33.3. The van der Waals surface area contributed by atoms with Gasteiger partial charge in [-0.1, -0.05) is 84.0 Å². The van der Waals surface area contributed by atoms with E-state index in [-0.39, 0.29) is 20.6 Å². The van der Waals surface area contributed by atoms with E-state index in [0.717, 1.165) is 40.4 Å².